The highest BCUT2D eigenvalue weighted by Crippen LogP contribution is 2.29. The van der Waals surface area contributed by atoms with Gasteiger partial charge in [-0.2, -0.15) is 0 Å². The minimum atomic E-state index is -3.13. The van der Waals surface area contributed by atoms with Gasteiger partial charge in [-0.1, -0.05) is 0 Å². The van der Waals surface area contributed by atoms with Gasteiger partial charge in [0.05, 0.1) is 6.61 Å². The summed E-state index contributed by atoms with van der Waals surface area (Å²) in [6, 6.07) is 0. The van der Waals surface area contributed by atoms with Crippen LogP contribution in [0.15, 0.2) is 0 Å². The molecule has 0 bridgehead atoms. The molecule has 2 unspecified atom stereocenters. The van der Waals surface area contributed by atoms with E-state index in [1.807, 2.05) is 0 Å². The largest absolute Gasteiger partial charge is 0.326 e. The lowest BCUT2D eigenvalue weighted by molar-refractivity contribution is 0.101. The van der Waals surface area contributed by atoms with Crippen molar-refractivity contribution in [1.82, 2.24) is 0 Å². The predicted molar refractivity (Wildman–Crippen MR) is 42.1 cm³/mol. The summed E-state index contributed by atoms with van der Waals surface area (Å²) in [4.78, 5) is 14.3. The molecule has 1 heterocycles. The summed E-state index contributed by atoms with van der Waals surface area (Å²) >= 11 is 0. The van der Waals surface area contributed by atoms with Crippen LogP contribution in [0.25, 0.3) is 0 Å². The summed E-state index contributed by atoms with van der Waals surface area (Å²) in [6.07, 6.45) is 0.256. The van der Waals surface area contributed by atoms with Crippen LogP contribution in [-0.4, -0.2) is 22.6 Å². The first-order chi connectivity index (χ1) is 5.52. The summed E-state index contributed by atoms with van der Waals surface area (Å²) in [5.74, 6) is 0. The lowest BCUT2D eigenvalue weighted by Crippen LogP contribution is -2.25. The Hall–Kier alpha value is 0.260. The summed E-state index contributed by atoms with van der Waals surface area (Å²) in [5.41, 5.74) is 5.25. The summed E-state index contributed by atoms with van der Waals surface area (Å²) in [5, 5.41) is 0. The number of hydrogen-bond acceptors (Lipinski definition) is 5. The molecule has 9 heteroatoms. The third kappa shape index (κ3) is 8.36. The Bertz CT molecular complexity index is 170. The van der Waals surface area contributed by atoms with Crippen molar-refractivity contribution in [3.05, 3.63) is 0 Å². The van der Waals surface area contributed by atoms with E-state index < -0.39 is 16.5 Å². The average Bonchev–Trinajstić information content (AvgIpc) is 1.84. The zero-order valence-electron chi connectivity index (χ0n) is 6.10. The minimum absolute atomic E-state index is 0.380. The van der Waals surface area contributed by atoms with Gasteiger partial charge in [0.2, 0.25) is 0 Å². The van der Waals surface area contributed by atoms with Gasteiger partial charge in [0.25, 0.3) is 0 Å². The van der Waals surface area contributed by atoms with Gasteiger partial charge in [-0.3, -0.25) is 13.7 Å². The fourth-order valence-electron chi connectivity index (χ4n) is 0.475. The molecule has 0 amide bonds. The molecule has 4 N–H and O–H groups in total. The smallest absolute Gasteiger partial charge is 0.320 e. The molecule has 0 radical (unpaired) electrons. The van der Waals surface area contributed by atoms with Crippen molar-refractivity contribution in [2.24, 2.45) is 5.73 Å². The molecule has 1 rings (SSSR count). The van der Waals surface area contributed by atoms with Crippen LogP contribution in [0.4, 0.5) is 0 Å². The molecule has 1 aliphatic heterocycles. The van der Waals surface area contributed by atoms with Gasteiger partial charge in [-0.25, -0.2) is 0 Å². The number of hydrogen-bond donors (Lipinski definition) is 3. The van der Waals surface area contributed by atoms with Crippen molar-refractivity contribution in [2.75, 3.05) is 6.61 Å². The van der Waals surface area contributed by atoms with E-state index in [-0.39, 0.29) is 6.23 Å². The quantitative estimate of drug-likeness (QED) is 0.468. The second kappa shape index (κ2) is 6.74. The molecule has 0 saturated carbocycles. The Morgan fingerprint density at radius 1 is 1.58 bits per heavy atom. The first kappa shape index (κ1) is 12.3. The standard InChI is InChI=1S/C3H8NO3P.H3O3P/c4-3-1-2-6-8(5)7-3;1-4(2)3/h3,8H,1-2,4H2;4H,(H2,1,2,3). The molecule has 1 saturated heterocycles. The fourth-order valence-corrected chi connectivity index (χ4v) is 1.19. The van der Waals surface area contributed by atoms with Crippen LogP contribution < -0.4 is 5.73 Å². The van der Waals surface area contributed by atoms with Crippen LogP contribution in [-0.2, 0) is 18.2 Å². The summed E-state index contributed by atoms with van der Waals surface area (Å²) in [7, 11) is -5.35. The molecular weight excluding hydrogens is 208 g/mol. The van der Waals surface area contributed by atoms with Gasteiger partial charge in [-0.05, 0) is 0 Å². The molecule has 2 atom stereocenters. The molecule has 12 heavy (non-hydrogen) atoms. The van der Waals surface area contributed by atoms with Gasteiger partial charge in [0, 0.05) is 6.42 Å². The van der Waals surface area contributed by atoms with E-state index in [9.17, 15) is 4.57 Å². The zero-order chi connectivity index (χ0) is 9.56. The Kier molecular flexibility index (Phi) is 6.89. The summed E-state index contributed by atoms with van der Waals surface area (Å²) < 4.78 is 28.3. The van der Waals surface area contributed by atoms with E-state index in [1.54, 1.807) is 0 Å². The Balaban J connectivity index is 0.000000261. The van der Waals surface area contributed by atoms with Crippen LogP contribution >= 0.6 is 16.5 Å². The molecule has 0 aromatic heterocycles. The second-order valence-electron chi connectivity index (χ2n) is 1.83. The molecule has 1 aliphatic rings. The molecule has 0 aromatic rings. The molecule has 0 spiro atoms. The van der Waals surface area contributed by atoms with Crippen LogP contribution in [0.1, 0.15) is 6.42 Å². The molecule has 0 aromatic carbocycles. The Labute approximate surface area is 70.4 Å². The first-order valence-electron chi connectivity index (χ1n) is 3.03. The SMILES string of the molecule is NC1CCO[PH](=O)O1.O=[PH](O)O. The van der Waals surface area contributed by atoms with E-state index in [2.05, 4.69) is 9.05 Å². The number of rotatable bonds is 0. The van der Waals surface area contributed by atoms with Crippen molar-refractivity contribution in [3.63, 3.8) is 0 Å². The third-order valence-corrected chi connectivity index (χ3v) is 1.80. The van der Waals surface area contributed by atoms with E-state index in [1.165, 1.54) is 0 Å². The van der Waals surface area contributed by atoms with Gasteiger partial charge in [0.1, 0.15) is 6.23 Å². The normalized spacial score (nSPS) is 29.3. The minimum Gasteiger partial charge on any atom is -0.326 e. The molecule has 1 fully saturated rings. The topological polar surface area (TPSA) is 119 Å². The highest BCUT2D eigenvalue weighted by Gasteiger charge is 2.13. The van der Waals surface area contributed by atoms with Crippen LogP contribution in [0, 0.1) is 0 Å². The second-order valence-corrected chi connectivity index (χ2v) is 3.42. The maximum absolute atomic E-state index is 10.3. The van der Waals surface area contributed by atoms with Crippen molar-refractivity contribution in [2.45, 2.75) is 12.6 Å². The monoisotopic (exact) mass is 219 g/mol. The lowest BCUT2D eigenvalue weighted by atomic mass is 10.4. The van der Waals surface area contributed by atoms with E-state index >= 15 is 0 Å². The maximum Gasteiger partial charge on any atom is 0.320 e. The highest BCUT2D eigenvalue weighted by molar-refractivity contribution is 7.33. The highest BCUT2D eigenvalue weighted by atomic mass is 31.1. The van der Waals surface area contributed by atoms with Crippen molar-refractivity contribution >= 4 is 16.5 Å². The maximum atomic E-state index is 10.3. The fraction of sp³-hybridized carbons (Fsp3) is 1.00. The first-order valence-corrected chi connectivity index (χ1v) is 5.56. The van der Waals surface area contributed by atoms with Crippen molar-refractivity contribution in [3.8, 4) is 0 Å². The lowest BCUT2D eigenvalue weighted by Gasteiger charge is -2.17. The van der Waals surface area contributed by atoms with Gasteiger partial charge >= 0.3 is 16.5 Å². The Morgan fingerprint density at radius 2 is 2.08 bits per heavy atom. The number of nitrogens with two attached hydrogens (primary N) is 1. The van der Waals surface area contributed by atoms with Crippen molar-refractivity contribution < 1.29 is 28.0 Å². The molecule has 74 valence electrons. The summed E-state index contributed by atoms with van der Waals surface area (Å²) in [6.45, 7) is 0.457. The van der Waals surface area contributed by atoms with Crippen LogP contribution in [0.2, 0.25) is 0 Å². The van der Waals surface area contributed by atoms with Crippen molar-refractivity contribution in [1.29, 1.82) is 0 Å². The van der Waals surface area contributed by atoms with Crippen LogP contribution in [0.3, 0.4) is 0 Å². The molecule has 0 aliphatic carbocycles. The van der Waals surface area contributed by atoms with Gasteiger partial charge in [0.15, 0.2) is 0 Å². The zero-order valence-corrected chi connectivity index (χ0v) is 8.10. The molecular formula is C3H11NO6P2. The van der Waals surface area contributed by atoms with E-state index in [4.69, 9.17) is 20.1 Å². The Morgan fingerprint density at radius 3 is 2.33 bits per heavy atom. The van der Waals surface area contributed by atoms with Crippen LogP contribution in [0.5, 0.6) is 0 Å². The van der Waals surface area contributed by atoms with Gasteiger partial charge in [-0.15, -0.1) is 0 Å². The molecule has 7 nitrogen and oxygen atoms in total. The van der Waals surface area contributed by atoms with Gasteiger partial charge < -0.3 is 20.0 Å². The third-order valence-electron chi connectivity index (χ3n) is 0.870. The average molecular weight is 219 g/mol. The van der Waals surface area contributed by atoms with E-state index in [0.717, 1.165) is 0 Å². The van der Waals surface area contributed by atoms with E-state index in [0.29, 0.717) is 13.0 Å². The predicted octanol–water partition coefficient (Wildman–Crippen LogP) is -0.542.